The van der Waals surface area contributed by atoms with Crippen LogP contribution in [0.3, 0.4) is 0 Å². The van der Waals surface area contributed by atoms with Gasteiger partial charge in [-0.1, -0.05) is 12.8 Å². The molecule has 2 rings (SSSR count). The first-order chi connectivity index (χ1) is 10.4. The Hall–Kier alpha value is -1.11. The van der Waals surface area contributed by atoms with Gasteiger partial charge >= 0.3 is 0 Å². The summed E-state index contributed by atoms with van der Waals surface area (Å²) in [6, 6.07) is 6.22. The summed E-state index contributed by atoms with van der Waals surface area (Å²) in [5.74, 6) is -0.315. The van der Waals surface area contributed by atoms with Crippen LogP contribution in [0.5, 0.6) is 0 Å². The Morgan fingerprint density at radius 2 is 1.68 bits per heavy atom. The van der Waals surface area contributed by atoms with Gasteiger partial charge < -0.3 is 5.32 Å². The second kappa shape index (κ2) is 7.44. The monoisotopic (exact) mass is 344 g/mol. The summed E-state index contributed by atoms with van der Waals surface area (Å²) in [6.07, 6.45) is 3.96. The molecule has 0 spiro atoms. The van der Waals surface area contributed by atoms with Crippen LogP contribution < -0.4 is 5.32 Å². The minimum absolute atomic E-state index is 0.256. The molecule has 1 heterocycles. The highest BCUT2D eigenvalue weighted by atomic mass is 35.5. The highest BCUT2D eigenvalue weighted by molar-refractivity contribution is 7.89. The molecule has 1 N–H and O–H groups in total. The Balaban J connectivity index is 2.13. The van der Waals surface area contributed by atoms with Gasteiger partial charge in [-0.15, -0.1) is 11.6 Å². The predicted molar refractivity (Wildman–Crippen MR) is 87.6 cm³/mol. The maximum Gasteiger partial charge on any atom is 0.243 e. The summed E-state index contributed by atoms with van der Waals surface area (Å²) in [6.45, 7) is 2.73. The molecule has 1 aliphatic heterocycles. The van der Waals surface area contributed by atoms with Crippen molar-refractivity contribution in [2.75, 3.05) is 18.4 Å². The van der Waals surface area contributed by atoms with Crippen molar-refractivity contribution in [3.8, 4) is 0 Å². The van der Waals surface area contributed by atoms with Crippen molar-refractivity contribution in [2.24, 2.45) is 0 Å². The molecule has 0 unspecified atom stereocenters. The van der Waals surface area contributed by atoms with E-state index in [0.29, 0.717) is 18.8 Å². The van der Waals surface area contributed by atoms with Gasteiger partial charge in [-0.05, 0) is 44.0 Å². The molecule has 5 nitrogen and oxygen atoms in total. The van der Waals surface area contributed by atoms with Gasteiger partial charge in [-0.25, -0.2) is 8.42 Å². The van der Waals surface area contributed by atoms with Crippen molar-refractivity contribution >= 4 is 33.2 Å². The molecule has 1 fully saturated rings. The lowest BCUT2D eigenvalue weighted by atomic mass is 10.2. The molecule has 0 aromatic heterocycles. The van der Waals surface area contributed by atoms with E-state index >= 15 is 0 Å². The molecule has 1 saturated heterocycles. The molecule has 1 aliphatic rings. The second-order valence-corrected chi connectivity index (χ2v) is 8.04. The Bertz CT molecular complexity index is 606. The van der Waals surface area contributed by atoms with Gasteiger partial charge in [0.25, 0.3) is 0 Å². The normalized spacial score (nSPS) is 18.5. The SMILES string of the molecule is C[C@H](Cl)C(=O)Nc1ccc(S(=O)(=O)N2CCCCCC2)cc1. The molecule has 0 aliphatic carbocycles. The highest BCUT2D eigenvalue weighted by Gasteiger charge is 2.25. The van der Waals surface area contributed by atoms with E-state index in [2.05, 4.69) is 5.32 Å². The maximum absolute atomic E-state index is 12.6. The number of carbonyl (C=O) groups excluding carboxylic acids is 1. The van der Waals surface area contributed by atoms with E-state index in [1.165, 1.54) is 12.1 Å². The Kier molecular flexibility index (Phi) is 5.83. The van der Waals surface area contributed by atoms with Gasteiger partial charge in [0.2, 0.25) is 15.9 Å². The van der Waals surface area contributed by atoms with E-state index in [4.69, 9.17) is 11.6 Å². The minimum atomic E-state index is -3.45. The molecular formula is C15H21ClN2O3S. The van der Waals surface area contributed by atoms with Gasteiger partial charge in [0.1, 0.15) is 5.38 Å². The number of benzene rings is 1. The molecule has 0 saturated carbocycles. The maximum atomic E-state index is 12.6. The molecular weight excluding hydrogens is 324 g/mol. The van der Waals surface area contributed by atoms with E-state index in [9.17, 15) is 13.2 Å². The van der Waals surface area contributed by atoms with E-state index < -0.39 is 15.4 Å². The van der Waals surface area contributed by atoms with E-state index in [1.54, 1.807) is 23.4 Å². The second-order valence-electron chi connectivity index (χ2n) is 5.45. The van der Waals surface area contributed by atoms with Crippen LogP contribution in [0, 0.1) is 0 Å². The summed E-state index contributed by atoms with van der Waals surface area (Å²) >= 11 is 5.68. The zero-order valence-electron chi connectivity index (χ0n) is 12.6. The number of halogens is 1. The largest absolute Gasteiger partial charge is 0.325 e. The molecule has 0 radical (unpaired) electrons. The van der Waals surface area contributed by atoms with Crippen LogP contribution in [0.2, 0.25) is 0 Å². The van der Waals surface area contributed by atoms with Gasteiger partial charge in [0.05, 0.1) is 4.90 Å². The number of nitrogens with one attached hydrogen (secondary N) is 1. The van der Waals surface area contributed by atoms with E-state index in [0.717, 1.165) is 25.7 Å². The summed E-state index contributed by atoms with van der Waals surface area (Å²) < 4.78 is 26.7. The van der Waals surface area contributed by atoms with Crippen molar-refractivity contribution in [1.29, 1.82) is 0 Å². The van der Waals surface area contributed by atoms with Gasteiger partial charge in [0.15, 0.2) is 0 Å². The van der Waals surface area contributed by atoms with Crippen LogP contribution >= 0.6 is 11.6 Å². The van der Waals surface area contributed by atoms with Crippen LogP contribution in [0.1, 0.15) is 32.6 Å². The van der Waals surface area contributed by atoms with Crippen molar-refractivity contribution < 1.29 is 13.2 Å². The minimum Gasteiger partial charge on any atom is -0.325 e. The fourth-order valence-electron chi connectivity index (χ4n) is 2.38. The van der Waals surface area contributed by atoms with Crippen LogP contribution in [-0.4, -0.2) is 37.1 Å². The number of nitrogens with zero attached hydrogens (tertiary/aromatic N) is 1. The summed E-state index contributed by atoms with van der Waals surface area (Å²) in [5.41, 5.74) is 0.535. The number of carbonyl (C=O) groups is 1. The number of amides is 1. The first-order valence-electron chi connectivity index (χ1n) is 7.46. The number of anilines is 1. The average molecular weight is 345 g/mol. The van der Waals surface area contributed by atoms with Crippen molar-refractivity contribution in [1.82, 2.24) is 4.31 Å². The third kappa shape index (κ3) is 4.21. The summed E-state index contributed by atoms with van der Waals surface area (Å²) in [7, 11) is -3.45. The van der Waals surface area contributed by atoms with Crippen molar-refractivity contribution in [2.45, 2.75) is 42.9 Å². The van der Waals surface area contributed by atoms with E-state index in [1.807, 2.05) is 0 Å². The Morgan fingerprint density at radius 3 is 2.18 bits per heavy atom. The third-order valence-corrected chi connectivity index (χ3v) is 5.80. The molecule has 0 bridgehead atoms. The quantitative estimate of drug-likeness (QED) is 0.854. The van der Waals surface area contributed by atoms with Crippen LogP contribution in [0.25, 0.3) is 0 Å². The predicted octanol–water partition coefficient (Wildman–Crippen LogP) is 2.82. The Labute approximate surface area is 136 Å². The molecule has 22 heavy (non-hydrogen) atoms. The zero-order valence-corrected chi connectivity index (χ0v) is 14.2. The molecule has 122 valence electrons. The number of alkyl halides is 1. The fourth-order valence-corrected chi connectivity index (χ4v) is 3.95. The van der Waals surface area contributed by atoms with E-state index in [-0.39, 0.29) is 10.8 Å². The summed E-state index contributed by atoms with van der Waals surface area (Å²) in [5, 5.41) is 1.99. The van der Waals surface area contributed by atoms with Gasteiger partial charge in [-0.3, -0.25) is 4.79 Å². The highest BCUT2D eigenvalue weighted by Crippen LogP contribution is 2.21. The first-order valence-corrected chi connectivity index (χ1v) is 9.34. The number of hydrogen-bond acceptors (Lipinski definition) is 3. The first kappa shape index (κ1) is 17.2. The van der Waals surface area contributed by atoms with Gasteiger partial charge in [-0.2, -0.15) is 4.31 Å². The molecule has 7 heteroatoms. The number of rotatable bonds is 4. The van der Waals surface area contributed by atoms with Crippen LogP contribution in [0.15, 0.2) is 29.2 Å². The zero-order chi connectivity index (χ0) is 16.2. The Morgan fingerprint density at radius 1 is 1.14 bits per heavy atom. The smallest absolute Gasteiger partial charge is 0.243 e. The topological polar surface area (TPSA) is 66.5 Å². The lowest BCUT2D eigenvalue weighted by Gasteiger charge is -2.20. The fraction of sp³-hybridized carbons (Fsp3) is 0.533. The lowest BCUT2D eigenvalue weighted by Crippen LogP contribution is -2.31. The third-order valence-electron chi connectivity index (χ3n) is 3.69. The number of sulfonamides is 1. The van der Waals surface area contributed by atoms with Crippen molar-refractivity contribution in [3.63, 3.8) is 0 Å². The van der Waals surface area contributed by atoms with Crippen LogP contribution in [0.4, 0.5) is 5.69 Å². The lowest BCUT2D eigenvalue weighted by molar-refractivity contribution is -0.115. The molecule has 1 atom stereocenters. The average Bonchev–Trinajstić information content (AvgIpc) is 2.77. The summed E-state index contributed by atoms with van der Waals surface area (Å²) in [4.78, 5) is 11.8. The van der Waals surface area contributed by atoms with Crippen molar-refractivity contribution in [3.05, 3.63) is 24.3 Å². The van der Waals surface area contributed by atoms with Gasteiger partial charge in [0, 0.05) is 18.8 Å². The number of hydrogen-bond donors (Lipinski definition) is 1. The van der Waals surface area contributed by atoms with Crippen LogP contribution in [-0.2, 0) is 14.8 Å². The molecule has 1 amide bonds. The molecule has 1 aromatic carbocycles. The standard InChI is InChI=1S/C15H21ClN2O3S/c1-12(16)15(19)17-13-6-8-14(9-7-13)22(20,21)18-10-4-2-3-5-11-18/h6-9,12H,2-5,10-11H2,1H3,(H,17,19)/t12-/m0/s1. The molecule has 1 aromatic rings.